The van der Waals surface area contributed by atoms with E-state index in [1.807, 2.05) is 79.1 Å². The Morgan fingerprint density at radius 1 is 0.750 bits per heavy atom. The predicted octanol–water partition coefficient (Wildman–Crippen LogP) is 10.3. The SMILES string of the molecule is Cc1c(-c2csc(N/N=C/C=C/c3ccccc3)n2)ccc(O)c1C(O)c1cccc(C=C/C=N/Nc2nc(-c3ccc(C(F)(F)F)cc3)cs2)c1. The molecule has 0 spiro atoms. The molecule has 0 saturated heterocycles. The summed E-state index contributed by atoms with van der Waals surface area (Å²) in [5.41, 5.74) is 11.1. The molecule has 0 radical (unpaired) electrons. The highest BCUT2D eigenvalue weighted by Gasteiger charge is 2.30. The van der Waals surface area contributed by atoms with Crippen LogP contribution < -0.4 is 10.9 Å². The molecule has 0 aliphatic heterocycles. The van der Waals surface area contributed by atoms with Gasteiger partial charge in [-0.25, -0.2) is 9.97 Å². The van der Waals surface area contributed by atoms with Crippen LogP contribution in [-0.4, -0.2) is 32.6 Å². The van der Waals surface area contributed by atoms with E-state index in [4.69, 9.17) is 0 Å². The van der Waals surface area contributed by atoms with Crippen LogP contribution in [0.4, 0.5) is 23.4 Å². The quantitative estimate of drug-likeness (QED) is 0.0735. The molecule has 0 saturated carbocycles. The molecule has 262 valence electrons. The molecule has 6 aromatic rings. The molecule has 0 aliphatic carbocycles. The molecular weight excluding hydrogens is 706 g/mol. The van der Waals surface area contributed by atoms with E-state index in [2.05, 4.69) is 31.0 Å². The van der Waals surface area contributed by atoms with E-state index in [0.29, 0.717) is 43.9 Å². The number of rotatable bonds is 12. The van der Waals surface area contributed by atoms with Gasteiger partial charge in [-0.2, -0.15) is 23.4 Å². The lowest BCUT2D eigenvalue weighted by atomic mass is 9.92. The van der Waals surface area contributed by atoms with E-state index in [1.165, 1.54) is 41.0 Å². The smallest absolute Gasteiger partial charge is 0.416 e. The Labute approximate surface area is 305 Å². The molecule has 2 aromatic heterocycles. The van der Waals surface area contributed by atoms with Gasteiger partial charge in [0.2, 0.25) is 10.3 Å². The second kappa shape index (κ2) is 16.4. The molecular formula is C39H31F3N6O2S2. The number of allylic oxidation sites excluding steroid dienone is 2. The number of nitrogens with one attached hydrogen (secondary N) is 2. The second-order valence-corrected chi connectivity index (χ2v) is 13.0. The van der Waals surface area contributed by atoms with E-state index >= 15 is 0 Å². The van der Waals surface area contributed by atoms with Crippen LogP contribution in [0, 0.1) is 6.92 Å². The fourth-order valence-electron chi connectivity index (χ4n) is 5.22. The van der Waals surface area contributed by atoms with Gasteiger partial charge in [0.05, 0.1) is 17.0 Å². The molecule has 0 bridgehead atoms. The number of benzene rings is 4. The Bertz CT molecular complexity index is 2240. The van der Waals surface area contributed by atoms with E-state index < -0.39 is 17.8 Å². The van der Waals surface area contributed by atoms with Crippen molar-refractivity contribution in [3.8, 4) is 28.3 Å². The average molecular weight is 737 g/mol. The van der Waals surface area contributed by atoms with Crippen molar-refractivity contribution in [3.63, 3.8) is 0 Å². The van der Waals surface area contributed by atoms with Crippen LogP contribution in [0.25, 0.3) is 34.7 Å². The highest BCUT2D eigenvalue weighted by Crippen LogP contribution is 2.38. The van der Waals surface area contributed by atoms with E-state index in [1.54, 1.807) is 35.9 Å². The Morgan fingerprint density at radius 2 is 1.37 bits per heavy atom. The van der Waals surface area contributed by atoms with Crippen LogP contribution in [-0.2, 0) is 6.18 Å². The lowest BCUT2D eigenvalue weighted by Crippen LogP contribution is -2.04. The molecule has 8 nitrogen and oxygen atoms in total. The maximum atomic E-state index is 12.9. The van der Waals surface area contributed by atoms with Crippen LogP contribution in [0.2, 0.25) is 0 Å². The highest BCUT2D eigenvalue weighted by molar-refractivity contribution is 7.14. The number of aliphatic hydroxyl groups excluding tert-OH is 1. The van der Waals surface area contributed by atoms with Gasteiger partial charge in [0.15, 0.2) is 0 Å². The second-order valence-electron chi connectivity index (χ2n) is 11.3. The molecule has 0 aliphatic rings. The van der Waals surface area contributed by atoms with Crippen LogP contribution in [0.5, 0.6) is 5.75 Å². The molecule has 52 heavy (non-hydrogen) atoms. The molecule has 2 heterocycles. The topological polar surface area (TPSA) is 115 Å². The summed E-state index contributed by atoms with van der Waals surface area (Å²) in [5, 5.41) is 35.3. The van der Waals surface area contributed by atoms with Gasteiger partial charge in [-0.1, -0.05) is 72.8 Å². The number of nitrogens with zero attached hydrogens (tertiary/aromatic N) is 4. The van der Waals surface area contributed by atoms with Crippen molar-refractivity contribution in [3.05, 3.63) is 147 Å². The van der Waals surface area contributed by atoms with Crippen LogP contribution in [0.1, 0.15) is 39.5 Å². The first-order valence-corrected chi connectivity index (χ1v) is 17.6. The molecule has 1 atom stereocenters. The van der Waals surface area contributed by atoms with Crippen LogP contribution in [0.3, 0.4) is 0 Å². The molecule has 4 aromatic carbocycles. The summed E-state index contributed by atoms with van der Waals surface area (Å²) in [5.74, 6) is -0.0278. The molecule has 1 unspecified atom stereocenters. The summed E-state index contributed by atoms with van der Waals surface area (Å²) in [7, 11) is 0. The van der Waals surface area contributed by atoms with Crippen molar-refractivity contribution in [1.82, 2.24) is 9.97 Å². The first-order chi connectivity index (χ1) is 25.2. The summed E-state index contributed by atoms with van der Waals surface area (Å²) < 4.78 is 38.6. The lowest BCUT2D eigenvalue weighted by molar-refractivity contribution is -0.137. The van der Waals surface area contributed by atoms with E-state index in [9.17, 15) is 23.4 Å². The number of hydrazone groups is 2. The summed E-state index contributed by atoms with van der Waals surface area (Å²) in [4.78, 5) is 9.03. The Hall–Kier alpha value is -5.89. The zero-order valence-corrected chi connectivity index (χ0v) is 29.1. The monoisotopic (exact) mass is 736 g/mol. The number of aromatic nitrogens is 2. The average Bonchev–Trinajstić information content (AvgIpc) is 3.82. The minimum atomic E-state index is -4.39. The van der Waals surface area contributed by atoms with Gasteiger partial charge < -0.3 is 10.2 Å². The number of phenolic OH excluding ortho intramolecular Hbond substituents is 1. The van der Waals surface area contributed by atoms with Crippen molar-refractivity contribution >= 4 is 57.5 Å². The number of aliphatic hydroxyl groups is 1. The minimum Gasteiger partial charge on any atom is -0.508 e. The standard InChI is InChI=1S/C39H31F3N6O2S2/c1-25-31(33-24-52-38(46-33)48-43-20-6-11-26-8-3-2-4-9-26)18-19-34(49)35(25)36(50)29-13-5-10-27(22-29)12-7-21-44-47-37-45-32(23-51-37)28-14-16-30(17-15-28)39(40,41)42/h2-24,36,49-50H,1H3,(H,45,47)(H,46,48)/b11-6+,12-7?,43-20+,44-21+. The van der Waals surface area contributed by atoms with Crippen LogP contribution >= 0.6 is 22.7 Å². The van der Waals surface area contributed by atoms with Gasteiger partial charge in [-0.15, -0.1) is 22.7 Å². The van der Waals surface area contributed by atoms with E-state index in [-0.39, 0.29) is 5.75 Å². The molecule has 6 rings (SSSR count). The normalized spacial score (nSPS) is 12.8. The Balaban J connectivity index is 1.07. The Morgan fingerprint density at radius 3 is 2.04 bits per heavy atom. The predicted molar refractivity (Wildman–Crippen MR) is 206 cm³/mol. The number of thiazole rings is 2. The van der Waals surface area contributed by atoms with Gasteiger partial charge in [0.25, 0.3) is 0 Å². The molecule has 4 N–H and O–H groups in total. The highest BCUT2D eigenvalue weighted by atomic mass is 32.1. The van der Waals surface area contributed by atoms with Crippen molar-refractivity contribution in [2.75, 3.05) is 10.9 Å². The number of hydrogen-bond donors (Lipinski definition) is 4. The van der Waals surface area contributed by atoms with Crippen molar-refractivity contribution in [2.45, 2.75) is 19.2 Å². The zero-order valence-electron chi connectivity index (χ0n) is 27.5. The maximum absolute atomic E-state index is 12.9. The van der Waals surface area contributed by atoms with Gasteiger partial charge in [0.1, 0.15) is 11.9 Å². The molecule has 0 amide bonds. The van der Waals surface area contributed by atoms with E-state index in [0.717, 1.165) is 28.8 Å². The number of halogens is 3. The zero-order chi connectivity index (χ0) is 36.5. The third-order valence-electron chi connectivity index (χ3n) is 7.80. The lowest BCUT2D eigenvalue weighted by Gasteiger charge is -2.18. The number of alkyl halides is 3. The summed E-state index contributed by atoms with van der Waals surface area (Å²) in [6.07, 6.45) is 4.99. The maximum Gasteiger partial charge on any atom is 0.416 e. The number of hydrogen-bond acceptors (Lipinski definition) is 10. The first kappa shape index (κ1) is 35.9. The van der Waals surface area contributed by atoms with Gasteiger partial charge in [-0.3, -0.25) is 10.9 Å². The van der Waals surface area contributed by atoms with Gasteiger partial charge >= 0.3 is 6.18 Å². The van der Waals surface area contributed by atoms with Crippen molar-refractivity contribution in [2.24, 2.45) is 10.2 Å². The Kier molecular flexibility index (Phi) is 11.3. The summed E-state index contributed by atoms with van der Waals surface area (Å²) >= 11 is 2.67. The summed E-state index contributed by atoms with van der Waals surface area (Å²) in [6, 6.07) is 25.4. The number of phenols is 1. The third-order valence-corrected chi connectivity index (χ3v) is 9.30. The molecule has 0 fully saturated rings. The van der Waals surface area contributed by atoms with Crippen molar-refractivity contribution in [1.29, 1.82) is 0 Å². The van der Waals surface area contributed by atoms with Gasteiger partial charge in [0, 0.05) is 39.9 Å². The summed E-state index contributed by atoms with van der Waals surface area (Å²) in [6.45, 7) is 1.84. The fourth-order valence-corrected chi connectivity index (χ4v) is 6.54. The number of aromatic hydroxyl groups is 1. The first-order valence-electron chi connectivity index (χ1n) is 15.8. The molecule has 13 heteroatoms. The number of anilines is 2. The third kappa shape index (κ3) is 9.06. The fraction of sp³-hybridized carbons (Fsp3) is 0.0769. The van der Waals surface area contributed by atoms with Gasteiger partial charge in [-0.05, 0) is 71.7 Å². The van der Waals surface area contributed by atoms with Crippen molar-refractivity contribution < 1.29 is 23.4 Å². The van der Waals surface area contributed by atoms with Crippen LogP contribution in [0.15, 0.2) is 124 Å². The largest absolute Gasteiger partial charge is 0.508 e. The minimum absolute atomic E-state index is 0.0278.